The van der Waals surface area contributed by atoms with Crippen molar-refractivity contribution < 1.29 is 14.3 Å². The van der Waals surface area contributed by atoms with Crippen LogP contribution in [0.3, 0.4) is 0 Å². The van der Waals surface area contributed by atoms with Crippen molar-refractivity contribution in [3.8, 4) is 5.75 Å². The molecule has 0 unspecified atom stereocenters. The van der Waals surface area contributed by atoms with Gasteiger partial charge in [-0.1, -0.05) is 12.7 Å². The van der Waals surface area contributed by atoms with Crippen LogP contribution in [0, 0.1) is 0 Å². The van der Waals surface area contributed by atoms with Crippen LogP contribution in [0.25, 0.3) is 10.9 Å². The Hall–Kier alpha value is -3.05. The van der Waals surface area contributed by atoms with Crippen molar-refractivity contribution in [2.75, 3.05) is 25.6 Å². The van der Waals surface area contributed by atoms with Crippen LogP contribution in [0.15, 0.2) is 67.4 Å². The van der Waals surface area contributed by atoms with Crippen LogP contribution < -0.4 is 10.1 Å². The molecule has 1 aromatic heterocycles. The number of carbonyl (C=O) groups excluding carboxylic acids is 1. The minimum Gasteiger partial charge on any atom is -0.490 e. The van der Waals surface area contributed by atoms with Gasteiger partial charge in [-0.3, -0.25) is 4.79 Å². The van der Waals surface area contributed by atoms with E-state index in [1.165, 1.54) is 0 Å². The lowest BCUT2D eigenvalue weighted by atomic mass is 10.2. The number of amides is 1. The molecule has 0 fully saturated rings. The monoisotopic (exact) mass is 350 g/mol. The van der Waals surface area contributed by atoms with E-state index in [0.29, 0.717) is 24.5 Å². The summed E-state index contributed by atoms with van der Waals surface area (Å²) in [5, 5.41) is 4.01. The van der Waals surface area contributed by atoms with Crippen molar-refractivity contribution in [1.82, 2.24) is 4.57 Å². The van der Waals surface area contributed by atoms with Gasteiger partial charge in [0.1, 0.15) is 12.4 Å². The Morgan fingerprint density at radius 1 is 1.19 bits per heavy atom. The number of aromatic nitrogens is 1. The summed E-state index contributed by atoms with van der Waals surface area (Å²) in [6, 6.07) is 15.0. The van der Waals surface area contributed by atoms with Gasteiger partial charge in [0.25, 0.3) is 5.91 Å². The molecule has 1 heterocycles. The lowest BCUT2D eigenvalue weighted by molar-refractivity contribution is 0.102. The molecule has 0 saturated carbocycles. The highest BCUT2D eigenvalue weighted by Crippen LogP contribution is 2.21. The predicted molar refractivity (Wildman–Crippen MR) is 104 cm³/mol. The Bertz CT molecular complexity index is 897. The first-order valence-corrected chi connectivity index (χ1v) is 8.44. The molecule has 0 aliphatic carbocycles. The largest absolute Gasteiger partial charge is 0.490 e. The smallest absolute Gasteiger partial charge is 0.255 e. The fraction of sp³-hybridized carbons (Fsp3) is 0.190. The van der Waals surface area contributed by atoms with Crippen molar-refractivity contribution in [2.45, 2.75) is 6.54 Å². The molecule has 0 saturated heterocycles. The van der Waals surface area contributed by atoms with E-state index in [-0.39, 0.29) is 5.91 Å². The van der Waals surface area contributed by atoms with Gasteiger partial charge in [0.15, 0.2) is 0 Å². The molecule has 134 valence electrons. The molecule has 3 rings (SSSR count). The molecule has 0 aliphatic rings. The summed E-state index contributed by atoms with van der Waals surface area (Å²) in [5.74, 6) is 0.554. The first-order chi connectivity index (χ1) is 12.7. The maximum absolute atomic E-state index is 12.4. The molecule has 5 heteroatoms. The van der Waals surface area contributed by atoms with Gasteiger partial charge in [-0.2, -0.15) is 0 Å². The number of nitrogens with zero attached hydrogens (tertiary/aromatic N) is 1. The van der Waals surface area contributed by atoms with Gasteiger partial charge < -0.3 is 19.4 Å². The van der Waals surface area contributed by atoms with Crippen molar-refractivity contribution in [3.63, 3.8) is 0 Å². The van der Waals surface area contributed by atoms with Crippen molar-refractivity contribution in [3.05, 3.63) is 72.9 Å². The van der Waals surface area contributed by atoms with Crippen LogP contribution in [0.2, 0.25) is 0 Å². The summed E-state index contributed by atoms with van der Waals surface area (Å²) in [6.07, 6.45) is 3.70. The summed E-state index contributed by atoms with van der Waals surface area (Å²) in [6.45, 7) is 5.51. The number of hydrogen-bond acceptors (Lipinski definition) is 3. The number of methoxy groups -OCH3 is 1. The maximum Gasteiger partial charge on any atom is 0.255 e. The minimum absolute atomic E-state index is 0.154. The van der Waals surface area contributed by atoms with E-state index in [0.717, 1.165) is 23.1 Å². The van der Waals surface area contributed by atoms with Gasteiger partial charge in [-0.15, -0.1) is 0 Å². The fourth-order valence-electron chi connectivity index (χ4n) is 2.72. The molecule has 0 bridgehead atoms. The summed E-state index contributed by atoms with van der Waals surface area (Å²) >= 11 is 0. The van der Waals surface area contributed by atoms with Gasteiger partial charge in [0.05, 0.1) is 6.61 Å². The summed E-state index contributed by atoms with van der Waals surface area (Å²) < 4.78 is 12.7. The standard InChI is InChI=1S/C21H22N2O3/c1-3-13-26-19-7-4-16(5-8-19)21(24)22-18-6-9-20-17(15-18)10-11-23(20)12-14-25-2/h3-11,15H,1,12-14H2,2H3,(H,22,24). The number of ether oxygens (including phenoxy) is 2. The summed E-state index contributed by atoms with van der Waals surface area (Å²) in [4.78, 5) is 12.4. The van der Waals surface area contributed by atoms with Gasteiger partial charge >= 0.3 is 0 Å². The lowest BCUT2D eigenvalue weighted by Crippen LogP contribution is -2.11. The zero-order chi connectivity index (χ0) is 18.4. The van der Waals surface area contributed by atoms with E-state index >= 15 is 0 Å². The normalized spacial score (nSPS) is 10.7. The number of carbonyl (C=O) groups is 1. The van der Waals surface area contributed by atoms with Gasteiger partial charge in [0.2, 0.25) is 0 Å². The van der Waals surface area contributed by atoms with Crippen LogP contribution in [-0.2, 0) is 11.3 Å². The Labute approximate surface area is 152 Å². The summed E-state index contributed by atoms with van der Waals surface area (Å²) in [7, 11) is 1.69. The Kier molecular flexibility index (Phi) is 5.71. The minimum atomic E-state index is -0.154. The summed E-state index contributed by atoms with van der Waals surface area (Å²) in [5.41, 5.74) is 2.46. The zero-order valence-electron chi connectivity index (χ0n) is 14.8. The number of fused-ring (bicyclic) bond motifs is 1. The first kappa shape index (κ1) is 17.8. The molecular weight excluding hydrogens is 328 g/mol. The number of hydrogen-bond donors (Lipinski definition) is 1. The predicted octanol–water partition coefficient (Wildman–Crippen LogP) is 4.10. The second-order valence-electron chi connectivity index (χ2n) is 5.85. The second-order valence-corrected chi connectivity index (χ2v) is 5.85. The average Bonchev–Trinajstić information content (AvgIpc) is 3.07. The number of nitrogens with one attached hydrogen (secondary N) is 1. The van der Waals surface area contributed by atoms with Crippen LogP contribution >= 0.6 is 0 Å². The number of rotatable bonds is 8. The number of anilines is 1. The molecular formula is C21H22N2O3. The molecule has 3 aromatic rings. The highest BCUT2D eigenvalue weighted by molar-refractivity contribution is 6.05. The molecule has 1 N–H and O–H groups in total. The van der Waals surface area contributed by atoms with Crippen LogP contribution in [0.4, 0.5) is 5.69 Å². The lowest BCUT2D eigenvalue weighted by Gasteiger charge is -2.08. The Balaban J connectivity index is 1.69. The fourth-order valence-corrected chi connectivity index (χ4v) is 2.72. The third-order valence-electron chi connectivity index (χ3n) is 4.05. The van der Waals surface area contributed by atoms with Crippen molar-refractivity contribution in [2.24, 2.45) is 0 Å². The maximum atomic E-state index is 12.4. The van der Waals surface area contributed by atoms with Crippen molar-refractivity contribution >= 4 is 22.5 Å². The zero-order valence-corrected chi connectivity index (χ0v) is 14.8. The SMILES string of the molecule is C=CCOc1ccc(C(=O)Nc2ccc3c(ccn3CCOC)c2)cc1. The third kappa shape index (κ3) is 4.13. The molecule has 2 aromatic carbocycles. The molecule has 0 spiro atoms. The van der Waals surface area contributed by atoms with Crippen molar-refractivity contribution in [1.29, 1.82) is 0 Å². The van der Waals surface area contributed by atoms with Gasteiger partial charge in [0, 0.05) is 42.0 Å². The Morgan fingerprint density at radius 2 is 2.00 bits per heavy atom. The quantitative estimate of drug-likeness (QED) is 0.622. The van der Waals surface area contributed by atoms with Crippen LogP contribution in [-0.4, -0.2) is 30.8 Å². The number of benzene rings is 2. The molecule has 0 atom stereocenters. The highest BCUT2D eigenvalue weighted by atomic mass is 16.5. The molecule has 0 aliphatic heterocycles. The van der Waals surface area contributed by atoms with Gasteiger partial charge in [-0.05, 0) is 48.5 Å². The van der Waals surface area contributed by atoms with Crippen LogP contribution in [0.5, 0.6) is 5.75 Å². The highest BCUT2D eigenvalue weighted by Gasteiger charge is 2.08. The van der Waals surface area contributed by atoms with E-state index in [1.807, 2.05) is 30.5 Å². The van der Waals surface area contributed by atoms with E-state index < -0.39 is 0 Å². The average molecular weight is 350 g/mol. The topological polar surface area (TPSA) is 52.5 Å². The van der Waals surface area contributed by atoms with E-state index in [1.54, 1.807) is 37.5 Å². The molecule has 26 heavy (non-hydrogen) atoms. The molecule has 5 nitrogen and oxygen atoms in total. The van der Waals surface area contributed by atoms with E-state index in [2.05, 4.69) is 16.5 Å². The molecule has 0 radical (unpaired) electrons. The second kappa shape index (κ2) is 8.36. The van der Waals surface area contributed by atoms with E-state index in [9.17, 15) is 4.79 Å². The Morgan fingerprint density at radius 3 is 2.73 bits per heavy atom. The third-order valence-corrected chi connectivity index (χ3v) is 4.05. The first-order valence-electron chi connectivity index (χ1n) is 8.44. The van der Waals surface area contributed by atoms with Crippen LogP contribution in [0.1, 0.15) is 10.4 Å². The molecule has 1 amide bonds. The van der Waals surface area contributed by atoms with Gasteiger partial charge in [-0.25, -0.2) is 0 Å². The van der Waals surface area contributed by atoms with E-state index in [4.69, 9.17) is 9.47 Å².